The van der Waals surface area contributed by atoms with Crippen molar-refractivity contribution >= 4 is 11.8 Å². The molecule has 1 saturated carbocycles. The molecule has 6 nitrogen and oxygen atoms in total. The van der Waals surface area contributed by atoms with Crippen LogP contribution in [-0.2, 0) is 6.54 Å². The second kappa shape index (κ2) is 6.09. The third-order valence-corrected chi connectivity index (χ3v) is 3.54. The molecule has 1 aliphatic carbocycles. The van der Waals surface area contributed by atoms with Crippen molar-refractivity contribution in [3.8, 4) is 0 Å². The number of nitrogens with one attached hydrogen (secondary N) is 2. The van der Waals surface area contributed by atoms with Crippen molar-refractivity contribution in [3.05, 3.63) is 23.9 Å². The van der Waals surface area contributed by atoms with Gasteiger partial charge in [-0.05, 0) is 31.4 Å². The zero-order valence-electron chi connectivity index (χ0n) is 12.0. The van der Waals surface area contributed by atoms with E-state index in [1.54, 1.807) is 0 Å². The van der Waals surface area contributed by atoms with E-state index in [0.29, 0.717) is 13.1 Å². The Hall–Kier alpha value is -1.82. The van der Waals surface area contributed by atoms with Gasteiger partial charge in [-0.25, -0.2) is 9.78 Å². The van der Waals surface area contributed by atoms with Gasteiger partial charge in [0.05, 0.1) is 17.8 Å². The first-order valence-corrected chi connectivity index (χ1v) is 6.86. The lowest BCUT2D eigenvalue weighted by molar-refractivity contribution is -0.0290. The Morgan fingerprint density at radius 2 is 2.15 bits per heavy atom. The van der Waals surface area contributed by atoms with Crippen LogP contribution in [0.3, 0.4) is 0 Å². The minimum absolute atomic E-state index is 0.276. The minimum atomic E-state index is -0.694. The molecule has 1 aromatic heterocycles. The predicted octanol–water partition coefficient (Wildman–Crippen LogP) is 0.862. The van der Waals surface area contributed by atoms with E-state index in [0.717, 1.165) is 30.8 Å². The maximum Gasteiger partial charge on any atom is 0.315 e. The highest BCUT2D eigenvalue weighted by Gasteiger charge is 2.34. The first kappa shape index (κ1) is 14.6. The largest absolute Gasteiger partial charge is 0.388 e. The topological polar surface area (TPSA) is 77.5 Å². The Labute approximate surface area is 119 Å². The van der Waals surface area contributed by atoms with Crippen LogP contribution in [0.5, 0.6) is 0 Å². The van der Waals surface area contributed by atoms with Gasteiger partial charge < -0.3 is 20.6 Å². The standard InChI is InChI=1S/C14H22N4O2/c1-18(2)12-6-3-5-11(17-12)9-15-13(19)16-10-14(20)7-4-8-14/h3,5-6,20H,4,7-10H2,1-2H3,(H2,15,16,19). The van der Waals surface area contributed by atoms with Gasteiger partial charge in [-0.15, -0.1) is 0 Å². The number of nitrogens with zero attached hydrogens (tertiary/aromatic N) is 2. The Kier molecular flexibility index (Phi) is 4.44. The normalized spacial score (nSPS) is 16.1. The smallest absolute Gasteiger partial charge is 0.315 e. The molecular formula is C14H22N4O2. The highest BCUT2D eigenvalue weighted by atomic mass is 16.3. The zero-order valence-corrected chi connectivity index (χ0v) is 12.0. The molecule has 2 rings (SSSR count). The van der Waals surface area contributed by atoms with Crippen LogP contribution in [0.4, 0.5) is 10.6 Å². The number of carbonyl (C=O) groups is 1. The third kappa shape index (κ3) is 3.84. The average Bonchev–Trinajstić information content (AvgIpc) is 2.41. The van der Waals surface area contributed by atoms with Crippen molar-refractivity contribution in [2.45, 2.75) is 31.4 Å². The molecule has 6 heteroatoms. The van der Waals surface area contributed by atoms with Gasteiger partial charge >= 0.3 is 6.03 Å². The first-order chi connectivity index (χ1) is 9.48. The van der Waals surface area contributed by atoms with Crippen LogP contribution < -0.4 is 15.5 Å². The Balaban J connectivity index is 1.76. The molecule has 0 aromatic carbocycles. The fourth-order valence-corrected chi connectivity index (χ4v) is 2.05. The van der Waals surface area contributed by atoms with E-state index in [4.69, 9.17) is 0 Å². The van der Waals surface area contributed by atoms with Gasteiger partial charge in [0.25, 0.3) is 0 Å². The van der Waals surface area contributed by atoms with E-state index in [1.807, 2.05) is 37.2 Å². The van der Waals surface area contributed by atoms with Crippen molar-refractivity contribution in [2.75, 3.05) is 25.5 Å². The van der Waals surface area contributed by atoms with Gasteiger partial charge in [0, 0.05) is 20.6 Å². The summed E-state index contributed by atoms with van der Waals surface area (Å²) < 4.78 is 0. The van der Waals surface area contributed by atoms with E-state index in [-0.39, 0.29) is 6.03 Å². The fraction of sp³-hybridized carbons (Fsp3) is 0.571. The highest BCUT2D eigenvalue weighted by molar-refractivity contribution is 5.73. The second-order valence-corrected chi connectivity index (χ2v) is 5.50. The molecule has 0 atom stereocenters. The monoisotopic (exact) mass is 278 g/mol. The molecule has 2 amide bonds. The molecule has 0 aliphatic heterocycles. The molecule has 0 radical (unpaired) electrons. The van der Waals surface area contributed by atoms with Gasteiger partial charge in [-0.2, -0.15) is 0 Å². The number of carbonyl (C=O) groups excluding carboxylic acids is 1. The van der Waals surface area contributed by atoms with Crippen molar-refractivity contribution in [1.29, 1.82) is 0 Å². The lowest BCUT2D eigenvalue weighted by atomic mass is 9.80. The van der Waals surface area contributed by atoms with Gasteiger partial charge in [-0.3, -0.25) is 0 Å². The number of urea groups is 1. The fourth-order valence-electron chi connectivity index (χ4n) is 2.05. The van der Waals surface area contributed by atoms with Crippen molar-refractivity contribution in [3.63, 3.8) is 0 Å². The number of aliphatic hydroxyl groups is 1. The number of anilines is 1. The molecule has 20 heavy (non-hydrogen) atoms. The Bertz CT molecular complexity index is 472. The summed E-state index contributed by atoms with van der Waals surface area (Å²) in [5, 5.41) is 15.3. The molecule has 1 heterocycles. The summed E-state index contributed by atoms with van der Waals surface area (Å²) in [7, 11) is 3.84. The lowest BCUT2D eigenvalue weighted by Gasteiger charge is -2.36. The molecule has 1 aromatic rings. The maximum absolute atomic E-state index is 11.7. The number of hydrogen-bond donors (Lipinski definition) is 3. The second-order valence-electron chi connectivity index (χ2n) is 5.50. The Morgan fingerprint density at radius 3 is 2.75 bits per heavy atom. The van der Waals surface area contributed by atoms with Crippen molar-refractivity contribution < 1.29 is 9.90 Å². The summed E-state index contributed by atoms with van der Waals surface area (Å²) in [5.74, 6) is 0.855. The minimum Gasteiger partial charge on any atom is -0.388 e. The number of pyridine rings is 1. The van der Waals surface area contributed by atoms with E-state index >= 15 is 0 Å². The van der Waals surface area contributed by atoms with Crippen molar-refractivity contribution in [2.24, 2.45) is 0 Å². The zero-order chi connectivity index (χ0) is 14.6. The van der Waals surface area contributed by atoms with Gasteiger partial charge in [0.2, 0.25) is 0 Å². The number of amides is 2. The molecule has 0 spiro atoms. The maximum atomic E-state index is 11.7. The first-order valence-electron chi connectivity index (χ1n) is 6.86. The van der Waals surface area contributed by atoms with Gasteiger partial charge in [0.15, 0.2) is 0 Å². The van der Waals surface area contributed by atoms with Crippen LogP contribution in [0.2, 0.25) is 0 Å². The molecule has 3 N–H and O–H groups in total. The quantitative estimate of drug-likeness (QED) is 0.746. The van der Waals surface area contributed by atoms with Crippen LogP contribution in [0.1, 0.15) is 25.0 Å². The van der Waals surface area contributed by atoms with E-state index in [1.165, 1.54) is 0 Å². The van der Waals surface area contributed by atoms with Crippen LogP contribution >= 0.6 is 0 Å². The summed E-state index contributed by atoms with van der Waals surface area (Å²) in [5.41, 5.74) is 0.106. The Morgan fingerprint density at radius 1 is 1.40 bits per heavy atom. The molecule has 110 valence electrons. The summed E-state index contributed by atoms with van der Waals surface area (Å²) in [4.78, 5) is 18.0. The van der Waals surface area contributed by atoms with E-state index in [2.05, 4.69) is 15.6 Å². The summed E-state index contributed by atoms with van der Waals surface area (Å²) in [6.45, 7) is 0.677. The van der Waals surface area contributed by atoms with Crippen LogP contribution in [0.15, 0.2) is 18.2 Å². The molecule has 1 fully saturated rings. The van der Waals surface area contributed by atoms with Crippen LogP contribution in [0, 0.1) is 0 Å². The van der Waals surface area contributed by atoms with Crippen molar-refractivity contribution in [1.82, 2.24) is 15.6 Å². The molecule has 0 unspecified atom stereocenters. The summed E-state index contributed by atoms with van der Waals surface area (Å²) in [6.07, 6.45) is 2.56. The number of hydrogen-bond acceptors (Lipinski definition) is 4. The van der Waals surface area contributed by atoms with E-state index in [9.17, 15) is 9.90 Å². The third-order valence-electron chi connectivity index (χ3n) is 3.54. The average molecular weight is 278 g/mol. The molecule has 1 aliphatic rings. The molecule has 0 saturated heterocycles. The lowest BCUT2D eigenvalue weighted by Crippen LogP contribution is -2.50. The van der Waals surface area contributed by atoms with Crippen LogP contribution in [0.25, 0.3) is 0 Å². The molecule has 0 bridgehead atoms. The van der Waals surface area contributed by atoms with Gasteiger partial charge in [0.1, 0.15) is 5.82 Å². The SMILES string of the molecule is CN(C)c1cccc(CNC(=O)NCC2(O)CCC2)n1. The number of rotatable bonds is 5. The van der Waals surface area contributed by atoms with E-state index < -0.39 is 5.60 Å². The summed E-state index contributed by atoms with van der Waals surface area (Å²) >= 11 is 0. The van der Waals surface area contributed by atoms with Gasteiger partial charge in [-0.1, -0.05) is 6.07 Å². The summed E-state index contributed by atoms with van der Waals surface area (Å²) in [6, 6.07) is 5.42. The molecular weight excluding hydrogens is 256 g/mol. The predicted molar refractivity (Wildman–Crippen MR) is 77.6 cm³/mol. The number of aromatic nitrogens is 1. The van der Waals surface area contributed by atoms with Crippen LogP contribution in [-0.4, -0.2) is 42.4 Å². The highest BCUT2D eigenvalue weighted by Crippen LogP contribution is 2.30.